The largest absolute Gasteiger partial charge is 0.433 e. The van der Waals surface area contributed by atoms with Crippen molar-refractivity contribution in [3.8, 4) is 0 Å². The van der Waals surface area contributed by atoms with Crippen molar-refractivity contribution in [3.05, 3.63) is 23.9 Å². The van der Waals surface area contributed by atoms with E-state index in [0.29, 0.717) is 24.9 Å². The molecule has 0 spiro atoms. The average molecular weight is 274 g/mol. The monoisotopic (exact) mass is 274 g/mol. The van der Waals surface area contributed by atoms with Gasteiger partial charge >= 0.3 is 6.18 Å². The van der Waals surface area contributed by atoms with Gasteiger partial charge in [-0.15, -0.1) is 0 Å². The van der Waals surface area contributed by atoms with Gasteiger partial charge in [0.25, 0.3) is 0 Å². The molecule has 106 valence electrons. The molecule has 2 heterocycles. The van der Waals surface area contributed by atoms with Crippen molar-refractivity contribution in [2.45, 2.75) is 19.0 Å². The number of halogens is 3. The van der Waals surface area contributed by atoms with E-state index >= 15 is 0 Å². The molecule has 0 radical (unpaired) electrons. The Morgan fingerprint density at radius 1 is 1.42 bits per heavy atom. The van der Waals surface area contributed by atoms with E-state index in [1.54, 1.807) is 18.0 Å². The van der Waals surface area contributed by atoms with E-state index in [9.17, 15) is 13.2 Å². The van der Waals surface area contributed by atoms with Crippen molar-refractivity contribution in [1.29, 1.82) is 0 Å². The molecule has 1 saturated heterocycles. The van der Waals surface area contributed by atoms with Crippen LogP contribution in [0.2, 0.25) is 0 Å². The summed E-state index contributed by atoms with van der Waals surface area (Å²) in [6, 6.07) is 3.97. The molecule has 1 fully saturated rings. The van der Waals surface area contributed by atoms with Gasteiger partial charge in [-0.05, 0) is 30.9 Å². The minimum atomic E-state index is -4.40. The number of hydrogen-bond acceptors (Lipinski definition) is 3. The minimum absolute atomic E-state index is 0.348. The van der Waals surface area contributed by atoms with Crippen molar-refractivity contribution in [3.63, 3.8) is 0 Å². The average Bonchev–Trinajstić information content (AvgIpc) is 2.39. The lowest BCUT2D eigenvalue weighted by Crippen LogP contribution is -2.31. The first-order valence-corrected chi connectivity index (χ1v) is 6.30. The molecule has 0 aromatic carbocycles. The highest BCUT2D eigenvalue weighted by atomic mass is 19.4. The molecule has 1 aliphatic rings. The third-order valence-electron chi connectivity index (χ3n) is 3.20. The second-order valence-electron chi connectivity index (χ2n) is 4.84. The first-order chi connectivity index (χ1) is 8.97. The van der Waals surface area contributed by atoms with Gasteiger partial charge in [0.1, 0.15) is 11.5 Å². The number of rotatable bonds is 3. The van der Waals surface area contributed by atoms with Crippen LogP contribution in [0.1, 0.15) is 18.5 Å². The van der Waals surface area contributed by atoms with Crippen LogP contribution in [0.3, 0.4) is 0 Å². The molecular weight excluding hydrogens is 257 g/mol. The molecule has 0 aliphatic carbocycles. The molecule has 0 bridgehead atoms. The minimum Gasteiger partial charge on any atom is -0.381 e. The smallest absolute Gasteiger partial charge is 0.381 e. The fourth-order valence-electron chi connectivity index (χ4n) is 2.23. The zero-order valence-electron chi connectivity index (χ0n) is 10.8. The second kappa shape index (κ2) is 5.77. The summed E-state index contributed by atoms with van der Waals surface area (Å²) in [6.45, 7) is 2.11. The third-order valence-corrected chi connectivity index (χ3v) is 3.20. The van der Waals surface area contributed by atoms with Crippen LogP contribution in [0.4, 0.5) is 19.0 Å². The van der Waals surface area contributed by atoms with Crippen molar-refractivity contribution < 1.29 is 17.9 Å². The Kier molecular flexibility index (Phi) is 4.29. The van der Waals surface area contributed by atoms with E-state index in [-0.39, 0.29) is 0 Å². The maximum absolute atomic E-state index is 12.6. The number of nitrogens with zero attached hydrogens (tertiary/aromatic N) is 2. The third kappa shape index (κ3) is 3.83. The number of ether oxygens (including phenoxy) is 1. The fraction of sp³-hybridized carbons (Fsp3) is 0.615. The molecule has 0 amide bonds. The van der Waals surface area contributed by atoms with Crippen LogP contribution in [-0.4, -0.2) is 31.8 Å². The SMILES string of the molecule is CN(CC1CCCOC1)c1cccc(C(F)(F)F)n1. The molecule has 2 rings (SSSR count). The van der Waals surface area contributed by atoms with Crippen molar-refractivity contribution in [1.82, 2.24) is 4.98 Å². The second-order valence-corrected chi connectivity index (χ2v) is 4.84. The number of pyridine rings is 1. The van der Waals surface area contributed by atoms with Gasteiger partial charge in [0, 0.05) is 20.2 Å². The van der Waals surface area contributed by atoms with E-state index in [2.05, 4.69) is 4.98 Å². The van der Waals surface area contributed by atoms with Gasteiger partial charge < -0.3 is 9.64 Å². The van der Waals surface area contributed by atoms with Crippen LogP contribution in [0.25, 0.3) is 0 Å². The molecule has 1 aromatic heterocycles. The molecule has 0 N–H and O–H groups in total. The van der Waals surface area contributed by atoms with E-state index in [4.69, 9.17) is 4.74 Å². The summed E-state index contributed by atoms with van der Waals surface area (Å²) in [5.41, 5.74) is -0.850. The number of hydrogen-bond donors (Lipinski definition) is 0. The molecule has 1 aromatic rings. The highest BCUT2D eigenvalue weighted by Gasteiger charge is 2.32. The molecule has 19 heavy (non-hydrogen) atoms. The van der Waals surface area contributed by atoms with E-state index in [1.165, 1.54) is 6.07 Å². The van der Waals surface area contributed by atoms with Gasteiger partial charge in [-0.25, -0.2) is 4.98 Å². The van der Waals surface area contributed by atoms with Gasteiger partial charge in [0.05, 0.1) is 6.61 Å². The van der Waals surface area contributed by atoms with Crippen LogP contribution >= 0.6 is 0 Å². The van der Waals surface area contributed by atoms with Gasteiger partial charge in [-0.1, -0.05) is 6.07 Å². The summed E-state index contributed by atoms with van der Waals surface area (Å²) in [5.74, 6) is 0.704. The molecule has 1 unspecified atom stereocenters. The van der Waals surface area contributed by atoms with E-state index < -0.39 is 11.9 Å². The molecular formula is C13H17F3N2O. The summed E-state index contributed by atoms with van der Waals surface area (Å²) in [4.78, 5) is 5.43. The van der Waals surface area contributed by atoms with Crippen LogP contribution < -0.4 is 4.90 Å². The fourth-order valence-corrected chi connectivity index (χ4v) is 2.23. The predicted octanol–water partition coefficient (Wildman–Crippen LogP) is 2.96. The zero-order valence-corrected chi connectivity index (χ0v) is 10.8. The molecule has 3 nitrogen and oxygen atoms in total. The summed E-state index contributed by atoms with van der Waals surface area (Å²) in [7, 11) is 1.76. The Hall–Kier alpha value is -1.30. The normalized spacial score (nSPS) is 20.3. The van der Waals surface area contributed by atoms with Crippen LogP contribution in [-0.2, 0) is 10.9 Å². The van der Waals surface area contributed by atoms with Gasteiger partial charge in [0.2, 0.25) is 0 Å². The topological polar surface area (TPSA) is 25.4 Å². The van der Waals surface area contributed by atoms with E-state index in [1.807, 2.05) is 0 Å². The van der Waals surface area contributed by atoms with Gasteiger partial charge in [0.15, 0.2) is 0 Å². The van der Waals surface area contributed by atoms with E-state index in [0.717, 1.165) is 25.5 Å². The lowest BCUT2D eigenvalue weighted by atomic mass is 10.0. The highest BCUT2D eigenvalue weighted by Crippen LogP contribution is 2.29. The first kappa shape index (κ1) is 14.1. The lowest BCUT2D eigenvalue weighted by Gasteiger charge is -2.28. The maximum atomic E-state index is 12.6. The van der Waals surface area contributed by atoms with Gasteiger partial charge in [-0.2, -0.15) is 13.2 Å². The Morgan fingerprint density at radius 2 is 2.21 bits per heavy atom. The number of anilines is 1. The molecule has 1 atom stereocenters. The molecule has 1 aliphatic heterocycles. The van der Waals surface area contributed by atoms with Crippen molar-refractivity contribution in [2.24, 2.45) is 5.92 Å². The van der Waals surface area contributed by atoms with Crippen LogP contribution in [0, 0.1) is 5.92 Å². The Balaban J connectivity index is 2.04. The Labute approximate surface area is 110 Å². The summed E-state index contributed by atoms with van der Waals surface area (Å²) in [6.07, 6.45) is -2.34. The zero-order chi connectivity index (χ0) is 13.9. The first-order valence-electron chi connectivity index (χ1n) is 6.30. The maximum Gasteiger partial charge on any atom is 0.433 e. The van der Waals surface area contributed by atoms with Crippen LogP contribution in [0.15, 0.2) is 18.2 Å². The summed E-state index contributed by atoms with van der Waals surface area (Å²) < 4.78 is 43.1. The predicted molar refractivity (Wildman–Crippen MR) is 66.1 cm³/mol. The molecule has 6 heteroatoms. The van der Waals surface area contributed by atoms with Crippen molar-refractivity contribution in [2.75, 3.05) is 31.7 Å². The van der Waals surface area contributed by atoms with Crippen LogP contribution in [0.5, 0.6) is 0 Å². The van der Waals surface area contributed by atoms with Crippen molar-refractivity contribution >= 4 is 5.82 Å². The number of aromatic nitrogens is 1. The Bertz CT molecular complexity index is 417. The summed E-state index contributed by atoms with van der Waals surface area (Å²) >= 11 is 0. The standard InChI is InChI=1S/C13H17F3N2O/c1-18(8-10-4-3-7-19-9-10)12-6-2-5-11(17-12)13(14,15)16/h2,5-6,10H,3-4,7-9H2,1H3. The summed E-state index contributed by atoms with van der Waals surface area (Å²) in [5, 5.41) is 0. The quantitative estimate of drug-likeness (QED) is 0.847. The highest BCUT2D eigenvalue weighted by molar-refractivity contribution is 5.38. The Morgan fingerprint density at radius 3 is 2.84 bits per heavy atom. The van der Waals surface area contributed by atoms with Gasteiger partial charge in [-0.3, -0.25) is 0 Å². The lowest BCUT2D eigenvalue weighted by molar-refractivity contribution is -0.141. The number of alkyl halides is 3. The molecule has 0 saturated carbocycles.